The third-order valence-electron chi connectivity index (χ3n) is 5.62. The van der Waals surface area contributed by atoms with Crippen molar-refractivity contribution in [1.82, 2.24) is 15.0 Å². The summed E-state index contributed by atoms with van der Waals surface area (Å²) in [5.74, 6) is 2.80. The van der Waals surface area contributed by atoms with Gasteiger partial charge in [-0.1, -0.05) is 13.0 Å². The zero-order valence-electron chi connectivity index (χ0n) is 15.3. The van der Waals surface area contributed by atoms with Crippen molar-refractivity contribution in [1.29, 1.82) is 0 Å². The quantitative estimate of drug-likeness (QED) is 0.860. The van der Waals surface area contributed by atoms with Gasteiger partial charge in [0.1, 0.15) is 18.0 Å². The smallest absolute Gasteiger partial charge is 0.164 e. The van der Waals surface area contributed by atoms with E-state index in [1.54, 1.807) is 6.33 Å². The normalized spacial score (nSPS) is 17.9. The van der Waals surface area contributed by atoms with Crippen molar-refractivity contribution in [2.45, 2.75) is 44.9 Å². The third-order valence-corrected chi connectivity index (χ3v) is 5.62. The summed E-state index contributed by atoms with van der Waals surface area (Å²) in [6.07, 6.45) is 7.33. The van der Waals surface area contributed by atoms with E-state index in [1.165, 1.54) is 23.2 Å². The summed E-state index contributed by atoms with van der Waals surface area (Å²) >= 11 is 0. The molecule has 2 aromatic rings. The van der Waals surface area contributed by atoms with Crippen LogP contribution >= 0.6 is 0 Å². The molecule has 2 aromatic heterocycles. The van der Waals surface area contributed by atoms with Crippen LogP contribution in [0, 0.1) is 0 Å². The van der Waals surface area contributed by atoms with Crippen molar-refractivity contribution in [2.24, 2.45) is 0 Å². The van der Waals surface area contributed by atoms with E-state index in [1.807, 2.05) is 0 Å². The van der Waals surface area contributed by atoms with E-state index >= 15 is 0 Å². The van der Waals surface area contributed by atoms with E-state index in [9.17, 15) is 0 Å². The third kappa shape index (κ3) is 3.22. The summed E-state index contributed by atoms with van der Waals surface area (Å²) in [5, 5.41) is 3.46. The van der Waals surface area contributed by atoms with Crippen LogP contribution in [0.1, 0.15) is 48.9 Å². The fourth-order valence-electron chi connectivity index (χ4n) is 4.13. The molecule has 1 N–H and O–H groups in total. The van der Waals surface area contributed by atoms with E-state index in [0.717, 1.165) is 62.5 Å². The first-order valence-corrected chi connectivity index (χ1v) is 9.55. The molecule has 2 aliphatic heterocycles. The molecule has 6 heteroatoms. The molecule has 2 aliphatic rings. The summed E-state index contributed by atoms with van der Waals surface area (Å²) in [7, 11) is 2.08. The highest BCUT2D eigenvalue weighted by atomic mass is 15.2. The minimum Gasteiger partial charge on any atom is -0.370 e. The lowest BCUT2D eigenvalue weighted by Crippen LogP contribution is -2.36. The molecule has 0 bridgehead atoms. The molecule has 4 rings (SSSR count). The second-order valence-electron chi connectivity index (χ2n) is 7.15. The Kier molecular flexibility index (Phi) is 4.60. The van der Waals surface area contributed by atoms with Gasteiger partial charge >= 0.3 is 0 Å². The first-order valence-electron chi connectivity index (χ1n) is 9.55. The van der Waals surface area contributed by atoms with Gasteiger partial charge in [-0.25, -0.2) is 9.97 Å². The Labute approximate surface area is 150 Å². The topological polar surface area (TPSA) is 53.9 Å². The number of fused-ring (bicyclic) bond motifs is 1. The molecule has 0 spiro atoms. The maximum Gasteiger partial charge on any atom is 0.164 e. The molecule has 130 valence electrons. The van der Waals surface area contributed by atoms with Crippen molar-refractivity contribution in [3.8, 4) is 0 Å². The standard InChI is InChI=1S/C19H26BN5/c1-2-15-17(20)22-12-23-19(15)25-10-7-13(8-11-25)16-6-5-14-4-3-9-21-18(14)24-16/h5-6,12-13H,2-4,7-11,20H2,1H3,(H,21,24). The number of nitrogens with zero attached hydrogens (tertiary/aromatic N) is 4. The number of hydrogen-bond acceptors (Lipinski definition) is 5. The Morgan fingerprint density at radius 3 is 2.88 bits per heavy atom. The van der Waals surface area contributed by atoms with Gasteiger partial charge in [-0.2, -0.15) is 0 Å². The van der Waals surface area contributed by atoms with Crippen molar-refractivity contribution in [3.63, 3.8) is 0 Å². The molecule has 0 radical (unpaired) electrons. The summed E-state index contributed by atoms with van der Waals surface area (Å²) < 4.78 is 0. The van der Waals surface area contributed by atoms with E-state index in [-0.39, 0.29) is 0 Å². The zero-order valence-corrected chi connectivity index (χ0v) is 15.3. The SMILES string of the molecule is Bc1ncnc(N2CCC(c3ccc4c(n3)NCCC4)CC2)c1CC. The predicted octanol–water partition coefficient (Wildman–Crippen LogP) is 1.43. The van der Waals surface area contributed by atoms with Crippen molar-refractivity contribution in [3.05, 3.63) is 35.3 Å². The van der Waals surface area contributed by atoms with Crippen molar-refractivity contribution < 1.29 is 0 Å². The van der Waals surface area contributed by atoms with Crippen LogP contribution in [0.4, 0.5) is 11.6 Å². The number of pyridine rings is 1. The zero-order chi connectivity index (χ0) is 17.2. The van der Waals surface area contributed by atoms with Gasteiger partial charge in [0.15, 0.2) is 7.85 Å². The monoisotopic (exact) mass is 335 g/mol. The van der Waals surface area contributed by atoms with Gasteiger partial charge in [0, 0.05) is 42.4 Å². The predicted molar refractivity (Wildman–Crippen MR) is 105 cm³/mol. The van der Waals surface area contributed by atoms with Gasteiger partial charge in [0.25, 0.3) is 0 Å². The lowest BCUT2D eigenvalue weighted by molar-refractivity contribution is 0.492. The molecule has 5 nitrogen and oxygen atoms in total. The number of anilines is 2. The lowest BCUT2D eigenvalue weighted by Gasteiger charge is -2.34. The minimum atomic E-state index is 0.554. The highest BCUT2D eigenvalue weighted by molar-refractivity contribution is 6.32. The molecule has 4 heterocycles. The van der Waals surface area contributed by atoms with Gasteiger partial charge in [-0.05, 0) is 43.7 Å². The van der Waals surface area contributed by atoms with Gasteiger partial charge in [0.05, 0.1) is 0 Å². The molecule has 25 heavy (non-hydrogen) atoms. The van der Waals surface area contributed by atoms with E-state index in [4.69, 9.17) is 4.98 Å². The van der Waals surface area contributed by atoms with Crippen LogP contribution in [0.5, 0.6) is 0 Å². The van der Waals surface area contributed by atoms with Crippen LogP contribution < -0.4 is 15.8 Å². The molecule has 1 fully saturated rings. The Bertz CT molecular complexity index is 755. The first-order chi connectivity index (χ1) is 12.3. The lowest BCUT2D eigenvalue weighted by atomic mass is 9.91. The maximum absolute atomic E-state index is 4.93. The van der Waals surface area contributed by atoms with Crippen LogP contribution in [-0.2, 0) is 12.8 Å². The largest absolute Gasteiger partial charge is 0.370 e. The average Bonchev–Trinajstić information content (AvgIpc) is 2.67. The molecular weight excluding hydrogens is 309 g/mol. The Morgan fingerprint density at radius 1 is 1.24 bits per heavy atom. The Hall–Kier alpha value is -2.11. The number of piperidine rings is 1. The van der Waals surface area contributed by atoms with Gasteiger partial charge in [0.2, 0.25) is 0 Å². The minimum absolute atomic E-state index is 0.554. The summed E-state index contributed by atoms with van der Waals surface area (Å²) in [5.41, 5.74) is 5.02. The van der Waals surface area contributed by atoms with E-state index < -0.39 is 0 Å². The average molecular weight is 335 g/mol. The van der Waals surface area contributed by atoms with Crippen LogP contribution in [-0.4, -0.2) is 42.4 Å². The number of hydrogen-bond donors (Lipinski definition) is 1. The molecule has 0 aromatic carbocycles. The van der Waals surface area contributed by atoms with Crippen molar-refractivity contribution in [2.75, 3.05) is 29.9 Å². The number of nitrogens with one attached hydrogen (secondary N) is 1. The van der Waals surface area contributed by atoms with E-state index in [2.05, 4.69) is 47.1 Å². The molecule has 0 aliphatic carbocycles. The number of aromatic nitrogens is 3. The summed E-state index contributed by atoms with van der Waals surface area (Å²) in [6.45, 7) is 5.32. The highest BCUT2D eigenvalue weighted by Gasteiger charge is 2.25. The Morgan fingerprint density at radius 2 is 2.08 bits per heavy atom. The van der Waals surface area contributed by atoms with Crippen LogP contribution in [0.3, 0.4) is 0 Å². The molecular formula is C19H26BN5. The van der Waals surface area contributed by atoms with Crippen LogP contribution in [0.2, 0.25) is 0 Å². The Balaban J connectivity index is 1.48. The van der Waals surface area contributed by atoms with Gasteiger partial charge in [-0.3, -0.25) is 4.98 Å². The van der Waals surface area contributed by atoms with Crippen LogP contribution in [0.15, 0.2) is 18.5 Å². The molecule has 0 saturated carbocycles. The first kappa shape index (κ1) is 16.4. The fraction of sp³-hybridized carbons (Fsp3) is 0.526. The molecule has 0 atom stereocenters. The fourth-order valence-corrected chi connectivity index (χ4v) is 4.13. The maximum atomic E-state index is 4.93. The van der Waals surface area contributed by atoms with E-state index in [0.29, 0.717) is 5.92 Å². The highest BCUT2D eigenvalue weighted by Crippen LogP contribution is 2.31. The second-order valence-corrected chi connectivity index (χ2v) is 7.15. The summed E-state index contributed by atoms with van der Waals surface area (Å²) in [6, 6.07) is 4.53. The number of rotatable bonds is 3. The summed E-state index contributed by atoms with van der Waals surface area (Å²) in [4.78, 5) is 16.3. The molecule has 0 amide bonds. The van der Waals surface area contributed by atoms with Gasteiger partial charge < -0.3 is 10.2 Å². The van der Waals surface area contributed by atoms with Crippen molar-refractivity contribution >= 4 is 25.1 Å². The molecule has 1 saturated heterocycles. The second kappa shape index (κ2) is 7.02. The van der Waals surface area contributed by atoms with Crippen LogP contribution in [0.25, 0.3) is 0 Å². The van der Waals surface area contributed by atoms with Gasteiger partial charge in [-0.15, -0.1) is 0 Å². The number of aryl methyl sites for hydroxylation is 1. The molecule has 0 unspecified atom stereocenters.